The number of fused-ring (bicyclic) bond motifs is 2. The molecule has 190 valence electrons. The minimum Gasteiger partial charge on any atom is -0.493 e. The van der Waals surface area contributed by atoms with Crippen molar-refractivity contribution >= 4 is 21.8 Å². The Bertz CT molecular complexity index is 1320. The number of alkyl halides is 1. The number of aromatic nitrogens is 3. The van der Waals surface area contributed by atoms with Crippen LogP contribution in [0.3, 0.4) is 0 Å². The van der Waals surface area contributed by atoms with Crippen molar-refractivity contribution in [3.8, 4) is 23.1 Å². The number of hydrogen-bond donors (Lipinski definition) is 1. The smallest absolute Gasteiger partial charge is 0.230 e. The summed E-state index contributed by atoms with van der Waals surface area (Å²) in [7, 11) is 1.62. The van der Waals surface area contributed by atoms with E-state index in [1.54, 1.807) is 7.11 Å². The van der Waals surface area contributed by atoms with Crippen LogP contribution in [0.2, 0.25) is 0 Å². The van der Waals surface area contributed by atoms with Gasteiger partial charge in [-0.2, -0.15) is 0 Å². The SMILES string of the molecule is COc1cc2c(Oc3ccc4[nH]c(C)cc4c3)ncnc2cc1OCCCN1CCN(CCF)CC1. The molecule has 0 spiro atoms. The number of halogens is 1. The van der Waals surface area contributed by atoms with Gasteiger partial charge in [-0.1, -0.05) is 0 Å². The van der Waals surface area contributed by atoms with Gasteiger partial charge in [0.2, 0.25) is 5.88 Å². The van der Waals surface area contributed by atoms with Gasteiger partial charge in [-0.05, 0) is 43.7 Å². The maximum Gasteiger partial charge on any atom is 0.230 e. The quantitative estimate of drug-likeness (QED) is 0.324. The Morgan fingerprint density at radius 1 is 0.972 bits per heavy atom. The summed E-state index contributed by atoms with van der Waals surface area (Å²) in [6.45, 7) is 7.59. The van der Waals surface area contributed by atoms with Crippen LogP contribution >= 0.6 is 0 Å². The van der Waals surface area contributed by atoms with Crippen molar-refractivity contribution in [2.24, 2.45) is 0 Å². The Labute approximate surface area is 210 Å². The van der Waals surface area contributed by atoms with Gasteiger partial charge in [0.05, 0.1) is 24.6 Å². The highest BCUT2D eigenvalue weighted by atomic mass is 19.1. The van der Waals surface area contributed by atoms with Gasteiger partial charge in [0.25, 0.3) is 0 Å². The van der Waals surface area contributed by atoms with Gasteiger partial charge in [0.1, 0.15) is 18.8 Å². The van der Waals surface area contributed by atoms with Crippen LogP contribution in [-0.4, -0.2) is 84.4 Å². The average Bonchev–Trinajstić information content (AvgIpc) is 3.26. The number of piperazine rings is 1. The minimum absolute atomic E-state index is 0.275. The second-order valence-corrected chi connectivity index (χ2v) is 9.08. The number of nitrogens with zero attached hydrogens (tertiary/aromatic N) is 4. The van der Waals surface area contributed by atoms with Crippen LogP contribution in [0.15, 0.2) is 42.7 Å². The molecule has 0 amide bonds. The lowest BCUT2D eigenvalue weighted by Gasteiger charge is -2.34. The molecule has 0 unspecified atom stereocenters. The van der Waals surface area contributed by atoms with Crippen LogP contribution in [0.5, 0.6) is 23.1 Å². The van der Waals surface area contributed by atoms with E-state index in [1.807, 2.05) is 37.3 Å². The average molecular weight is 494 g/mol. The molecule has 1 N–H and O–H groups in total. The number of rotatable bonds is 10. The second-order valence-electron chi connectivity index (χ2n) is 9.08. The lowest BCUT2D eigenvalue weighted by Crippen LogP contribution is -2.47. The summed E-state index contributed by atoms with van der Waals surface area (Å²) < 4.78 is 30.4. The molecule has 2 aromatic carbocycles. The Morgan fingerprint density at radius 2 is 1.78 bits per heavy atom. The third-order valence-electron chi connectivity index (χ3n) is 6.57. The van der Waals surface area contributed by atoms with Crippen LogP contribution in [0.1, 0.15) is 12.1 Å². The molecule has 1 saturated heterocycles. The molecule has 36 heavy (non-hydrogen) atoms. The number of benzene rings is 2. The van der Waals surface area contributed by atoms with E-state index in [1.165, 1.54) is 6.33 Å². The van der Waals surface area contributed by atoms with E-state index >= 15 is 0 Å². The molecule has 4 aromatic rings. The van der Waals surface area contributed by atoms with E-state index < -0.39 is 0 Å². The van der Waals surface area contributed by atoms with Crippen LogP contribution < -0.4 is 14.2 Å². The fraction of sp³-hybridized carbons (Fsp3) is 0.407. The fourth-order valence-electron chi connectivity index (χ4n) is 4.65. The van der Waals surface area contributed by atoms with Crippen LogP contribution in [0.25, 0.3) is 21.8 Å². The number of aryl methyl sites for hydroxylation is 1. The molecule has 0 aliphatic carbocycles. The van der Waals surface area contributed by atoms with Gasteiger partial charge in [0.15, 0.2) is 11.5 Å². The van der Waals surface area contributed by atoms with Gasteiger partial charge >= 0.3 is 0 Å². The topological polar surface area (TPSA) is 75.7 Å². The van der Waals surface area contributed by atoms with E-state index in [0.29, 0.717) is 36.3 Å². The molecule has 3 heterocycles. The summed E-state index contributed by atoms with van der Waals surface area (Å²) >= 11 is 0. The number of H-pyrrole nitrogens is 1. The molecular weight excluding hydrogens is 461 g/mol. The van der Waals surface area contributed by atoms with E-state index in [9.17, 15) is 4.39 Å². The second kappa shape index (κ2) is 11.1. The van der Waals surface area contributed by atoms with Crippen molar-refractivity contribution in [2.75, 3.05) is 59.7 Å². The highest BCUT2D eigenvalue weighted by Crippen LogP contribution is 2.36. The molecule has 8 nitrogen and oxygen atoms in total. The zero-order chi connectivity index (χ0) is 24.9. The first-order valence-electron chi connectivity index (χ1n) is 12.4. The molecule has 1 aliphatic heterocycles. The van der Waals surface area contributed by atoms with Crippen LogP contribution in [-0.2, 0) is 0 Å². The first-order chi connectivity index (χ1) is 17.6. The van der Waals surface area contributed by atoms with Gasteiger partial charge in [0, 0.05) is 61.9 Å². The minimum atomic E-state index is -0.275. The number of nitrogens with one attached hydrogen (secondary N) is 1. The van der Waals surface area contributed by atoms with Gasteiger partial charge in [-0.25, -0.2) is 14.4 Å². The molecule has 1 aliphatic rings. The molecule has 0 atom stereocenters. The predicted octanol–water partition coefficient (Wildman–Crippen LogP) is 4.58. The van der Waals surface area contributed by atoms with Gasteiger partial charge in [-0.3, -0.25) is 4.90 Å². The third kappa shape index (κ3) is 5.52. The Morgan fingerprint density at radius 3 is 2.56 bits per heavy atom. The van der Waals surface area contributed by atoms with Crippen molar-refractivity contribution < 1.29 is 18.6 Å². The Kier molecular flexibility index (Phi) is 7.48. The monoisotopic (exact) mass is 493 g/mol. The van der Waals surface area contributed by atoms with Crippen molar-refractivity contribution in [3.63, 3.8) is 0 Å². The number of ether oxygens (including phenoxy) is 3. The lowest BCUT2D eigenvalue weighted by molar-refractivity contribution is 0.120. The number of hydrogen-bond acceptors (Lipinski definition) is 7. The summed E-state index contributed by atoms with van der Waals surface area (Å²) in [5.41, 5.74) is 2.89. The summed E-state index contributed by atoms with van der Waals surface area (Å²) in [5.74, 6) is 2.42. The first kappa shape index (κ1) is 24.3. The largest absolute Gasteiger partial charge is 0.493 e. The molecule has 0 radical (unpaired) electrons. The Balaban J connectivity index is 1.24. The van der Waals surface area contributed by atoms with Crippen molar-refractivity contribution in [2.45, 2.75) is 13.3 Å². The molecular formula is C27H32FN5O3. The van der Waals surface area contributed by atoms with E-state index in [-0.39, 0.29) is 6.67 Å². The standard InChI is InChI=1S/C27H32FN5O3/c1-19-14-20-15-21(4-5-23(20)31-19)36-27-22-16-25(34-2)26(17-24(22)29-18-30-27)35-13-3-7-32-9-11-33(8-6-28)12-10-32/h4-5,14-18,31H,3,6-13H2,1-2H3. The molecule has 2 aromatic heterocycles. The summed E-state index contributed by atoms with van der Waals surface area (Å²) in [5, 5.41) is 1.83. The lowest BCUT2D eigenvalue weighted by atomic mass is 10.2. The third-order valence-corrected chi connectivity index (χ3v) is 6.57. The summed E-state index contributed by atoms with van der Waals surface area (Å²) in [4.78, 5) is 16.7. The van der Waals surface area contributed by atoms with Crippen molar-refractivity contribution in [1.29, 1.82) is 0 Å². The first-order valence-corrected chi connectivity index (χ1v) is 12.4. The highest BCUT2D eigenvalue weighted by Gasteiger charge is 2.17. The summed E-state index contributed by atoms with van der Waals surface area (Å²) in [6.07, 6.45) is 2.39. The van der Waals surface area contributed by atoms with E-state index in [0.717, 1.165) is 66.6 Å². The zero-order valence-corrected chi connectivity index (χ0v) is 20.8. The Hall–Kier alpha value is -3.43. The fourth-order valence-corrected chi connectivity index (χ4v) is 4.65. The molecule has 1 fully saturated rings. The van der Waals surface area contributed by atoms with Crippen LogP contribution in [0, 0.1) is 6.92 Å². The molecule has 5 rings (SSSR count). The normalized spacial score (nSPS) is 15.0. The zero-order valence-electron chi connectivity index (χ0n) is 20.8. The van der Waals surface area contributed by atoms with E-state index in [2.05, 4.69) is 30.8 Å². The predicted molar refractivity (Wildman–Crippen MR) is 138 cm³/mol. The maximum absolute atomic E-state index is 12.5. The highest BCUT2D eigenvalue weighted by molar-refractivity contribution is 5.87. The molecule has 0 saturated carbocycles. The molecule has 9 heteroatoms. The van der Waals surface area contributed by atoms with Gasteiger partial charge < -0.3 is 24.1 Å². The van der Waals surface area contributed by atoms with E-state index in [4.69, 9.17) is 14.2 Å². The number of methoxy groups -OCH3 is 1. The maximum atomic E-state index is 12.5. The summed E-state index contributed by atoms with van der Waals surface area (Å²) in [6, 6.07) is 11.7. The molecule has 0 bridgehead atoms. The van der Waals surface area contributed by atoms with Crippen molar-refractivity contribution in [1.82, 2.24) is 24.8 Å². The van der Waals surface area contributed by atoms with Crippen molar-refractivity contribution in [3.05, 3.63) is 48.4 Å². The van der Waals surface area contributed by atoms with Gasteiger partial charge in [-0.15, -0.1) is 0 Å². The number of aromatic amines is 1. The van der Waals surface area contributed by atoms with Crippen LogP contribution in [0.4, 0.5) is 4.39 Å².